The Morgan fingerprint density at radius 3 is 1.78 bits per heavy atom. The molecule has 0 amide bonds. The highest BCUT2D eigenvalue weighted by atomic mass is 35.5. The molecule has 0 aliphatic heterocycles. The minimum atomic E-state index is 0.642. The van der Waals surface area contributed by atoms with Crippen LogP contribution < -0.4 is 0 Å². The quantitative estimate of drug-likeness (QED) is 0.223. The van der Waals surface area contributed by atoms with Crippen LogP contribution in [0.5, 0.6) is 0 Å². The summed E-state index contributed by atoms with van der Waals surface area (Å²) in [5.41, 5.74) is 7.81. The predicted octanol–water partition coefficient (Wildman–Crippen LogP) is 7.62. The Morgan fingerprint density at radius 2 is 1.19 bits per heavy atom. The van der Waals surface area contributed by atoms with Crippen LogP contribution in [-0.4, -0.2) is 26.2 Å². The Morgan fingerprint density at radius 1 is 0.649 bits per heavy atom. The Hall–Kier alpha value is -3.64. The number of hydrogen-bond donors (Lipinski definition) is 0. The van der Waals surface area contributed by atoms with Gasteiger partial charge in [0, 0.05) is 23.7 Å². The van der Waals surface area contributed by atoms with Gasteiger partial charge in [-0.3, -0.25) is 0 Å². The molecular formula is C30H26Cl2N4O. The van der Waals surface area contributed by atoms with Gasteiger partial charge >= 0.3 is 0 Å². The fourth-order valence-corrected chi connectivity index (χ4v) is 4.77. The summed E-state index contributed by atoms with van der Waals surface area (Å²) in [5, 5.41) is 1.33. The van der Waals surface area contributed by atoms with E-state index in [9.17, 15) is 0 Å². The van der Waals surface area contributed by atoms with Gasteiger partial charge in [0.25, 0.3) is 0 Å². The van der Waals surface area contributed by atoms with Crippen LogP contribution in [0.1, 0.15) is 16.7 Å². The van der Waals surface area contributed by atoms with E-state index in [1.54, 1.807) is 13.2 Å². The molecule has 7 heteroatoms. The summed E-state index contributed by atoms with van der Waals surface area (Å²) in [7, 11) is 1.73. The summed E-state index contributed by atoms with van der Waals surface area (Å²) in [6.07, 6.45) is 3.73. The van der Waals surface area contributed by atoms with Gasteiger partial charge in [-0.2, -0.15) is 0 Å². The van der Waals surface area contributed by atoms with E-state index in [1.165, 1.54) is 11.1 Å². The summed E-state index contributed by atoms with van der Waals surface area (Å²) in [6, 6.07) is 30.1. The number of ether oxygens (including phenoxy) is 1. The van der Waals surface area contributed by atoms with Crippen LogP contribution in [0.2, 0.25) is 10.0 Å². The van der Waals surface area contributed by atoms with Gasteiger partial charge in [0.2, 0.25) is 0 Å². The van der Waals surface area contributed by atoms with Gasteiger partial charge in [-0.1, -0.05) is 77.8 Å². The fourth-order valence-electron chi connectivity index (χ4n) is 4.30. The number of methoxy groups -OCH3 is 1. The SMILES string of the molecule is COCc1ccccc1Cn1cnc2ccccc21.Clc1ccc(Cn2cnc3ccccc32)c(Cl)c1. The molecule has 5 nitrogen and oxygen atoms in total. The highest BCUT2D eigenvalue weighted by Gasteiger charge is 2.07. The molecule has 0 N–H and O–H groups in total. The summed E-state index contributed by atoms with van der Waals surface area (Å²) in [5.74, 6) is 0. The van der Waals surface area contributed by atoms with Crippen molar-refractivity contribution in [1.82, 2.24) is 19.1 Å². The predicted molar refractivity (Wildman–Crippen MR) is 151 cm³/mol. The average molecular weight is 529 g/mol. The number of imidazole rings is 2. The molecule has 0 unspecified atom stereocenters. The van der Waals surface area contributed by atoms with Gasteiger partial charge < -0.3 is 13.9 Å². The first kappa shape index (κ1) is 25.0. The topological polar surface area (TPSA) is 44.9 Å². The summed E-state index contributed by atoms with van der Waals surface area (Å²) >= 11 is 12.1. The number of halogens is 2. The smallest absolute Gasteiger partial charge is 0.0961 e. The second kappa shape index (κ2) is 11.6. The lowest BCUT2D eigenvalue weighted by molar-refractivity contribution is 0.184. The Labute approximate surface area is 225 Å². The maximum Gasteiger partial charge on any atom is 0.0961 e. The third kappa shape index (κ3) is 5.86. The van der Waals surface area contributed by atoms with E-state index in [2.05, 4.69) is 43.4 Å². The third-order valence-corrected chi connectivity index (χ3v) is 6.76. The molecule has 2 aromatic heterocycles. The Kier molecular flexibility index (Phi) is 7.85. The molecule has 0 fully saturated rings. The first-order valence-corrected chi connectivity index (χ1v) is 12.7. The van der Waals surface area contributed by atoms with Crippen molar-refractivity contribution in [3.05, 3.63) is 130 Å². The van der Waals surface area contributed by atoms with E-state index in [0.29, 0.717) is 23.2 Å². The highest BCUT2D eigenvalue weighted by molar-refractivity contribution is 6.35. The van der Waals surface area contributed by atoms with Crippen LogP contribution in [-0.2, 0) is 24.4 Å². The van der Waals surface area contributed by atoms with Crippen LogP contribution in [0.3, 0.4) is 0 Å². The number of rotatable bonds is 6. The minimum Gasteiger partial charge on any atom is -0.380 e. The van der Waals surface area contributed by atoms with Gasteiger partial charge in [0.1, 0.15) is 0 Å². The van der Waals surface area contributed by atoms with Crippen LogP contribution in [0.4, 0.5) is 0 Å². The van der Waals surface area contributed by atoms with Crippen LogP contribution in [0.15, 0.2) is 104 Å². The van der Waals surface area contributed by atoms with Crippen LogP contribution in [0.25, 0.3) is 22.1 Å². The van der Waals surface area contributed by atoms with Crippen molar-refractivity contribution in [2.75, 3.05) is 7.11 Å². The van der Waals surface area contributed by atoms with Gasteiger partial charge in [0.05, 0.1) is 47.9 Å². The van der Waals surface area contributed by atoms with Crippen LogP contribution in [0, 0.1) is 0 Å². The molecule has 0 radical (unpaired) electrons. The van der Waals surface area contributed by atoms with Crippen molar-refractivity contribution >= 4 is 45.3 Å². The number of nitrogens with zero attached hydrogens (tertiary/aromatic N) is 4. The minimum absolute atomic E-state index is 0.642. The maximum absolute atomic E-state index is 6.18. The zero-order valence-electron chi connectivity index (χ0n) is 20.4. The van der Waals surface area contributed by atoms with Crippen molar-refractivity contribution < 1.29 is 4.74 Å². The second-order valence-corrected chi connectivity index (χ2v) is 9.50. The number of aromatic nitrogens is 4. The van der Waals surface area contributed by atoms with E-state index in [1.807, 2.05) is 73.3 Å². The lowest BCUT2D eigenvalue weighted by Gasteiger charge is -2.10. The molecule has 0 aliphatic rings. The molecule has 2 heterocycles. The lowest BCUT2D eigenvalue weighted by Crippen LogP contribution is -2.02. The normalized spacial score (nSPS) is 11.0. The van der Waals surface area contributed by atoms with Gasteiger partial charge in [-0.25, -0.2) is 9.97 Å². The number of para-hydroxylation sites is 4. The maximum atomic E-state index is 6.18. The van der Waals surface area contributed by atoms with Crippen molar-refractivity contribution in [1.29, 1.82) is 0 Å². The van der Waals surface area contributed by atoms with Crippen molar-refractivity contribution in [3.63, 3.8) is 0 Å². The molecule has 6 rings (SSSR count). The van der Waals surface area contributed by atoms with E-state index >= 15 is 0 Å². The molecule has 0 saturated heterocycles. The lowest BCUT2D eigenvalue weighted by atomic mass is 10.1. The fraction of sp³-hybridized carbons (Fsp3) is 0.133. The zero-order chi connectivity index (χ0) is 25.6. The van der Waals surface area contributed by atoms with Gasteiger partial charge in [-0.15, -0.1) is 0 Å². The number of benzene rings is 4. The van der Waals surface area contributed by atoms with Gasteiger partial charge in [-0.05, 0) is 53.1 Å². The van der Waals surface area contributed by atoms with E-state index in [4.69, 9.17) is 27.9 Å². The zero-order valence-corrected chi connectivity index (χ0v) is 21.9. The molecular weight excluding hydrogens is 503 g/mol. The van der Waals surface area contributed by atoms with E-state index in [-0.39, 0.29) is 0 Å². The molecule has 37 heavy (non-hydrogen) atoms. The van der Waals surface area contributed by atoms with Crippen molar-refractivity contribution in [2.24, 2.45) is 0 Å². The van der Waals surface area contributed by atoms with Crippen molar-refractivity contribution in [2.45, 2.75) is 19.7 Å². The summed E-state index contributed by atoms with van der Waals surface area (Å²) < 4.78 is 9.49. The molecule has 186 valence electrons. The molecule has 0 saturated carbocycles. The first-order valence-electron chi connectivity index (χ1n) is 11.9. The molecule has 4 aromatic carbocycles. The number of fused-ring (bicyclic) bond motifs is 2. The third-order valence-electron chi connectivity index (χ3n) is 6.17. The van der Waals surface area contributed by atoms with Gasteiger partial charge in [0.15, 0.2) is 0 Å². The highest BCUT2D eigenvalue weighted by Crippen LogP contribution is 2.23. The van der Waals surface area contributed by atoms with E-state index < -0.39 is 0 Å². The molecule has 0 aliphatic carbocycles. The Bertz CT molecular complexity index is 1640. The largest absolute Gasteiger partial charge is 0.380 e. The van der Waals surface area contributed by atoms with Crippen molar-refractivity contribution in [3.8, 4) is 0 Å². The second-order valence-electron chi connectivity index (χ2n) is 8.66. The average Bonchev–Trinajstić information content (AvgIpc) is 3.52. The molecule has 6 aromatic rings. The standard InChI is InChI=1S/C16H16N2O.C14H10Cl2N2/c1-19-11-14-7-3-2-6-13(14)10-18-12-17-15-8-4-5-9-16(15)18;15-11-6-5-10(12(16)7-11)8-18-9-17-13-3-1-2-4-14(13)18/h2-9,12H,10-11H2,1H3;1-7,9H,8H2. The van der Waals surface area contributed by atoms with E-state index in [0.717, 1.165) is 34.2 Å². The molecule has 0 bridgehead atoms. The summed E-state index contributed by atoms with van der Waals surface area (Å²) in [4.78, 5) is 8.78. The molecule has 0 spiro atoms. The summed E-state index contributed by atoms with van der Waals surface area (Å²) in [6.45, 7) is 2.15. The first-order chi connectivity index (χ1) is 18.1. The molecule has 0 atom stereocenters. The monoisotopic (exact) mass is 528 g/mol. The van der Waals surface area contributed by atoms with Crippen LogP contribution >= 0.6 is 23.2 Å². The Balaban J connectivity index is 0.000000152. The number of hydrogen-bond acceptors (Lipinski definition) is 3.